The maximum atomic E-state index is 12.7. The van der Waals surface area contributed by atoms with Gasteiger partial charge in [-0.1, -0.05) is 17.7 Å². The highest BCUT2D eigenvalue weighted by molar-refractivity contribution is 6.31. The highest BCUT2D eigenvalue weighted by atomic mass is 35.5. The van der Waals surface area contributed by atoms with Gasteiger partial charge >= 0.3 is 0 Å². The first-order valence-electron chi connectivity index (χ1n) is 8.71. The molecule has 0 aliphatic carbocycles. The normalized spacial score (nSPS) is 18.6. The first kappa shape index (κ1) is 16.9. The highest BCUT2D eigenvalue weighted by Gasteiger charge is 2.38. The molecule has 5 nitrogen and oxygen atoms in total. The van der Waals surface area contributed by atoms with Crippen LogP contribution in [0.25, 0.3) is 0 Å². The fraction of sp³-hybridized carbons (Fsp3) is 0.300. The van der Waals surface area contributed by atoms with Crippen LogP contribution in [0.2, 0.25) is 5.02 Å². The minimum absolute atomic E-state index is 0.0536. The van der Waals surface area contributed by atoms with E-state index in [9.17, 15) is 9.59 Å². The zero-order valence-electron chi connectivity index (χ0n) is 14.8. The second-order valence-corrected chi connectivity index (χ2v) is 7.29. The largest absolute Gasteiger partial charge is 0.354 e. The number of nitrogens with zero attached hydrogens (tertiary/aromatic N) is 2. The zero-order chi connectivity index (χ0) is 18.4. The van der Waals surface area contributed by atoms with Gasteiger partial charge in [0.05, 0.1) is 11.3 Å². The molecular weight excluding hydrogens is 350 g/mol. The number of amides is 2. The van der Waals surface area contributed by atoms with Crippen LogP contribution < -0.4 is 10.2 Å². The second kappa shape index (κ2) is 6.32. The molecule has 2 aromatic carbocycles. The number of anilines is 2. The Morgan fingerprint density at radius 2 is 2.04 bits per heavy atom. The smallest absolute Gasteiger partial charge is 0.257 e. The molecule has 2 aromatic rings. The summed E-state index contributed by atoms with van der Waals surface area (Å²) < 4.78 is 0. The van der Waals surface area contributed by atoms with Crippen molar-refractivity contribution in [3.05, 3.63) is 58.1 Å². The standard InChI is InChI=1S/C20H20ClN3O2/c1-12-5-7-14(11-16(12)21)22-19(25)13-6-8-15-17(10-13)23(2)18-4-3-9-24(18)20(15)26/h5-8,10-11,18H,3-4,9H2,1-2H3,(H,22,25). The molecule has 1 fully saturated rings. The number of nitrogens with one attached hydrogen (secondary N) is 1. The molecule has 4 rings (SSSR count). The SMILES string of the molecule is Cc1ccc(NC(=O)c2ccc3c(c2)N(C)C2CCCN2C3=O)cc1Cl. The molecule has 2 heterocycles. The van der Waals surface area contributed by atoms with E-state index in [0.29, 0.717) is 21.8 Å². The molecule has 1 N–H and O–H groups in total. The summed E-state index contributed by atoms with van der Waals surface area (Å²) in [4.78, 5) is 29.3. The van der Waals surface area contributed by atoms with Crippen LogP contribution in [-0.2, 0) is 0 Å². The Labute approximate surface area is 157 Å². The molecule has 2 aliphatic rings. The number of fused-ring (bicyclic) bond motifs is 2. The van der Waals surface area contributed by atoms with Crippen molar-refractivity contribution < 1.29 is 9.59 Å². The molecule has 26 heavy (non-hydrogen) atoms. The van der Waals surface area contributed by atoms with Gasteiger partial charge in [0.1, 0.15) is 6.17 Å². The van der Waals surface area contributed by atoms with Crippen LogP contribution >= 0.6 is 11.6 Å². The summed E-state index contributed by atoms with van der Waals surface area (Å²) in [5.74, 6) is -0.166. The fourth-order valence-corrected chi connectivity index (χ4v) is 3.90. The lowest BCUT2D eigenvalue weighted by Gasteiger charge is -2.40. The van der Waals surface area contributed by atoms with Gasteiger partial charge in [0, 0.05) is 29.9 Å². The van der Waals surface area contributed by atoms with Gasteiger partial charge in [-0.2, -0.15) is 0 Å². The molecule has 0 bridgehead atoms. The summed E-state index contributed by atoms with van der Waals surface area (Å²) in [6.45, 7) is 2.71. The average molecular weight is 370 g/mol. The van der Waals surface area contributed by atoms with Gasteiger partial charge in [0.25, 0.3) is 11.8 Å². The highest BCUT2D eigenvalue weighted by Crippen LogP contribution is 2.35. The number of carbonyl (C=O) groups is 2. The number of hydrogen-bond donors (Lipinski definition) is 1. The van der Waals surface area contributed by atoms with Crippen LogP contribution in [-0.4, -0.2) is 36.5 Å². The maximum Gasteiger partial charge on any atom is 0.257 e. The molecule has 2 aliphatic heterocycles. The van der Waals surface area contributed by atoms with Crippen molar-refractivity contribution in [3.8, 4) is 0 Å². The fourth-order valence-electron chi connectivity index (χ4n) is 3.72. The lowest BCUT2D eigenvalue weighted by Crippen LogP contribution is -2.50. The molecule has 1 saturated heterocycles. The Kier molecular flexibility index (Phi) is 4.11. The second-order valence-electron chi connectivity index (χ2n) is 6.88. The van der Waals surface area contributed by atoms with Gasteiger partial charge in [-0.05, 0) is 55.7 Å². The lowest BCUT2D eigenvalue weighted by atomic mass is 10.0. The predicted octanol–water partition coefficient (Wildman–Crippen LogP) is 3.91. The maximum absolute atomic E-state index is 12.7. The van der Waals surface area contributed by atoms with Crippen LogP contribution in [0.15, 0.2) is 36.4 Å². The molecule has 1 atom stereocenters. The van der Waals surface area contributed by atoms with Gasteiger partial charge in [-0.3, -0.25) is 9.59 Å². The lowest BCUT2D eigenvalue weighted by molar-refractivity contribution is 0.0719. The summed E-state index contributed by atoms with van der Waals surface area (Å²) in [6.07, 6.45) is 2.06. The van der Waals surface area contributed by atoms with Crippen LogP contribution in [0.1, 0.15) is 39.1 Å². The predicted molar refractivity (Wildman–Crippen MR) is 103 cm³/mol. The minimum atomic E-state index is -0.220. The Morgan fingerprint density at radius 1 is 1.23 bits per heavy atom. The van der Waals surface area contributed by atoms with Gasteiger partial charge in [0.15, 0.2) is 0 Å². The van der Waals surface area contributed by atoms with E-state index in [1.807, 2.05) is 31.0 Å². The molecular formula is C20H20ClN3O2. The van der Waals surface area contributed by atoms with Crippen LogP contribution in [0, 0.1) is 6.92 Å². The van der Waals surface area contributed by atoms with E-state index < -0.39 is 0 Å². The summed E-state index contributed by atoms with van der Waals surface area (Å²) in [7, 11) is 1.98. The summed E-state index contributed by atoms with van der Waals surface area (Å²) in [5, 5.41) is 3.48. The van der Waals surface area contributed by atoms with E-state index in [1.54, 1.807) is 24.3 Å². The number of hydrogen-bond acceptors (Lipinski definition) is 3. The Bertz CT molecular complexity index is 912. The molecule has 2 amide bonds. The van der Waals surface area contributed by atoms with Gasteiger partial charge < -0.3 is 15.1 Å². The number of benzene rings is 2. The quantitative estimate of drug-likeness (QED) is 0.873. The van der Waals surface area contributed by atoms with Crippen molar-refractivity contribution in [2.24, 2.45) is 0 Å². The number of halogens is 1. The van der Waals surface area contributed by atoms with Crippen molar-refractivity contribution in [1.82, 2.24) is 4.90 Å². The monoisotopic (exact) mass is 369 g/mol. The van der Waals surface area contributed by atoms with E-state index in [4.69, 9.17) is 11.6 Å². The minimum Gasteiger partial charge on any atom is -0.354 e. The van der Waals surface area contributed by atoms with Gasteiger partial charge in [0.2, 0.25) is 0 Å². The third-order valence-corrected chi connectivity index (χ3v) is 5.64. The molecule has 6 heteroatoms. The van der Waals surface area contributed by atoms with Crippen molar-refractivity contribution in [1.29, 1.82) is 0 Å². The van der Waals surface area contributed by atoms with Crippen molar-refractivity contribution >= 4 is 34.8 Å². The Hall–Kier alpha value is -2.53. The molecule has 0 saturated carbocycles. The van der Waals surface area contributed by atoms with Crippen LogP contribution in [0.4, 0.5) is 11.4 Å². The van der Waals surface area contributed by atoms with Crippen molar-refractivity contribution in [2.75, 3.05) is 23.8 Å². The first-order chi connectivity index (χ1) is 12.5. The third-order valence-electron chi connectivity index (χ3n) is 5.23. The molecule has 134 valence electrons. The van der Waals surface area contributed by atoms with Crippen LogP contribution in [0.5, 0.6) is 0 Å². The van der Waals surface area contributed by atoms with E-state index >= 15 is 0 Å². The Balaban J connectivity index is 1.62. The van der Waals surface area contributed by atoms with Crippen molar-refractivity contribution in [3.63, 3.8) is 0 Å². The molecule has 0 radical (unpaired) electrons. The molecule has 0 spiro atoms. The topological polar surface area (TPSA) is 52.7 Å². The summed E-state index contributed by atoms with van der Waals surface area (Å²) >= 11 is 6.12. The van der Waals surface area contributed by atoms with E-state index in [2.05, 4.69) is 10.2 Å². The van der Waals surface area contributed by atoms with Gasteiger partial charge in [-0.15, -0.1) is 0 Å². The zero-order valence-corrected chi connectivity index (χ0v) is 15.5. The number of carbonyl (C=O) groups excluding carboxylic acids is 2. The van der Waals surface area contributed by atoms with Crippen LogP contribution in [0.3, 0.4) is 0 Å². The van der Waals surface area contributed by atoms with Gasteiger partial charge in [-0.25, -0.2) is 0 Å². The third kappa shape index (κ3) is 2.72. The summed E-state index contributed by atoms with van der Waals surface area (Å²) in [6, 6.07) is 10.7. The van der Waals surface area contributed by atoms with E-state index in [-0.39, 0.29) is 18.0 Å². The molecule has 0 aromatic heterocycles. The molecule has 1 unspecified atom stereocenters. The average Bonchev–Trinajstić information content (AvgIpc) is 3.12. The number of aryl methyl sites for hydroxylation is 1. The van der Waals surface area contributed by atoms with Crippen molar-refractivity contribution in [2.45, 2.75) is 25.9 Å². The van der Waals surface area contributed by atoms with E-state index in [0.717, 1.165) is 30.6 Å². The summed E-state index contributed by atoms with van der Waals surface area (Å²) in [5.41, 5.74) is 3.59. The number of rotatable bonds is 2. The van der Waals surface area contributed by atoms with E-state index in [1.165, 1.54) is 0 Å². The first-order valence-corrected chi connectivity index (χ1v) is 9.09. The Morgan fingerprint density at radius 3 is 2.81 bits per heavy atom.